The average Bonchev–Trinajstić information content (AvgIpc) is 4.05. The Hall–Kier alpha value is -8.14. The number of hydrogen-bond acceptors (Lipinski definition) is 9. The second-order valence-corrected chi connectivity index (χ2v) is 12.7. The summed E-state index contributed by atoms with van der Waals surface area (Å²) in [6.07, 6.45) is 25.4. The molecule has 0 bridgehead atoms. The van der Waals surface area contributed by atoms with Gasteiger partial charge in [-0.05, 0) is 82.9 Å². The molecule has 0 aliphatic carbocycles. The number of halogens is 2. The van der Waals surface area contributed by atoms with E-state index in [-0.39, 0.29) is 41.9 Å². The Kier molecular flexibility index (Phi) is 15.2. The van der Waals surface area contributed by atoms with E-state index in [1.807, 2.05) is 82.5 Å². The predicted molar refractivity (Wildman–Crippen MR) is 221 cm³/mol. The van der Waals surface area contributed by atoms with Crippen LogP contribution in [0.1, 0.15) is 0 Å². The van der Waals surface area contributed by atoms with E-state index in [0.717, 1.165) is 39.9 Å². The number of benzene rings is 3. The second-order valence-electron chi connectivity index (χ2n) is 12.7. The lowest BCUT2D eigenvalue weighted by molar-refractivity contribution is -0.600. The van der Waals surface area contributed by atoms with Crippen LogP contribution in [0.3, 0.4) is 0 Å². The summed E-state index contributed by atoms with van der Waals surface area (Å²) in [5, 5.41) is 22.0. The molecular weight excluding hydrogens is 817 g/mol. The summed E-state index contributed by atoms with van der Waals surface area (Å²) in [6.45, 7) is 0. The summed E-state index contributed by atoms with van der Waals surface area (Å²) in [6, 6.07) is 35.1. The van der Waals surface area contributed by atoms with Gasteiger partial charge in [-0.1, -0.05) is 0 Å². The van der Waals surface area contributed by atoms with E-state index in [1.54, 1.807) is 66.5 Å². The summed E-state index contributed by atoms with van der Waals surface area (Å²) < 4.78 is 7.56. The maximum atomic E-state index is 11.2. The highest BCUT2D eigenvalue weighted by atomic mass is 35.5. The smallest absolute Gasteiger partial charge is 0.347 e. The van der Waals surface area contributed by atoms with Gasteiger partial charge < -0.3 is 39.7 Å². The van der Waals surface area contributed by atoms with Gasteiger partial charge in [0.25, 0.3) is 11.4 Å². The van der Waals surface area contributed by atoms with Crippen LogP contribution in [0.15, 0.2) is 202 Å². The maximum Gasteiger partial charge on any atom is 0.347 e. The first-order chi connectivity index (χ1) is 28.8. The van der Waals surface area contributed by atoms with Crippen molar-refractivity contribution in [2.24, 2.45) is 0 Å². The van der Waals surface area contributed by atoms with Gasteiger partial charge in [0.1, 0.15) is 6.07 Å². The van der Waals surface area contributed by atoms with Crippen molar-refractivity contribution in [2.75, 3.05) is 5.73 Å². The monoisotopic (exact) mass is 851 g/mol. The van der Waals surface area contributed by atoms with Crippen LogP contribution in [0.2, 0.25) is 0 Å². The van der Waals surface area contributed by atoms with Gasteiger partial charge in [-0.2, -0.15) is 9.13 Å². The third-order valence-electron chi connectivity index (χ3n) is 8.98. The highest BCUT2D eigenvalue weighted by molar-refractivity contribution is 5.62. The molecule has 0 fully saturated rings. The average molecular weight is 853 g/mol. The first kappa shape index (κ1) is 44.0. The standard InChI is InChI=1S/C19H15N4.C16H11N4O4.C9H9N3.2ClH/c1-3-19(23-14-11-21-15-23)4-2-18(1)22-12-7-17(8-13-22)16-5-9-20-10-6-16;21-19(22)14-1-2-15(16(11-14)20(23)24)18-9-5-13(6-10-18)12-3-7-17-8-4-12;10-8-1-3-9(4-2-8)12-6-5-11-7-12;;/h1-15H;1-11H;1-7H,10H2;2*1H/q2*+1;;;/p-2. The molecule has 0 unspecified atom stereocenters. The fraction of sp³-hybridized carbons (Fsp3) is 0. The zero-order valence-corrected chi connectivity index (χ0v) is 33.5. The molecule has 15 nitrogen and oxygen atoms in total. The topological polar surface area (TPSA) is 181 Å². The number of non-ortho nitro benzene ring substituents is 1. The molecular formula is C44H35Cl2N11O4. The minimum Gasteiger partial charge on any atom is -1.00 e. The molecule has 0 atom stereocenters. The van der Waals surface area contributed by atoms with E-state index in [1.165, 1.54) is 23.3 Å². The predicted octanol–water partition coefficient (Wildman–Crippen LogP) is 1.52. The minimum atomic E-state index is -0.659. The fourth-order valence-electron chi connectivity index (χ4n) is 5.92. The summed E-state index contributed by atoms with van der Waals surface area (Å²) in [4.78, 5) is 36.8. The number of nitrogens with two attached hydrogens (primary N) is 1. The number of nitrogen functional groups attached to an aromatic ring is 1. The number of aromatic nitrogens is 8. The Bertz CT molecular complexity index is 2750. The van der Waals surface area contributed by atoms with Crippen LogP contribution in [-0.2, 0) is 0 Å². The third-order valence-corrected chi connectivity index (χ3v) is 8.98. The van der Waals surface area contributed by atoms with E-state index in [2.05, 4.69) is 73.3 Å². The SMILES string of the molecule is Nc1ccc(-n2ccnc2)cc1.O=[N+]([O-])c1ccc(-[n+]2ccc(-c3ccncc3)cc2)c([N+](=O)[O-])c1.[Cl-].[Cl-].c1cc(-c2cc[n+](-c3ccc(-n4ccnc4)cc3)cc2)ccn1. The second kappa shape index (κ2) is 21.0. The van der Waals surface area contributed by atoms with Crippen LogP contribution in [0.25, 0.3) is 45.0 Å². The molecule has 0 radical (unpaired) electrons. The fourth-order valence-corrected chi connectivity index (χ4v) is 5.92. The van der Waals surface area contributed by atoms with E-state index < -0.39 is 9.85 Å². The van der Waals surface area contributed by atoms with Crippen LogP contribution in [-0.4, -0.2) is 38.9 Å². The Morgan fingerprint density at radius 1 is 0.492 bits per heavy atom. The number of rotatable bonds is 8. The molecule has 9 aromatic rings. The molecule has 0 aliphatic rings. The summed E-state index contributed by atoms with van der Waals surface area (Å²) in [5.41, 5.74) is 13.5. The molecule has 304 valence electrons. The molecule has 0 aliphatic heterocycles. The van der Waals surface area contributed by atoms with E-state index in [9.17, 15) is 20.2 Å². The number of pyridine rings is 4. The van der Waals surface area contributed by atoms with Crippen molar-refractivity contribution >= 4 is 17.1 Å². The van der Waals surface area contributed by atoms with E-state index >= 15 is 0 Å². The Balaban J connectivity index is 0.000000179. The van der Waals surface area contributed by atoms with Gasteiger partial charge in [-0.15, -0.1) is 0 Å². The van der Waals surface area contributed by atoms with E-state index in [4.69, 9.17) is 5.73 Å². The largest absolute Gasteiger partial charge is 1.00 e. The van der Waals surface area contributed by atoms with Crippen molar-refractivity contribution in [2.45, 2.75) is 0 Å². The van der Waals surface area contributed by atoms with Gasteiger partial charge in [0, 0.05) is 115 Å². The van der Waals surface area contributed by atoms with Crippen molar-refractivity contribution in [1.82, 2.24) is 29.1 Å². The van der Waals surface area contributed by atoms with Crippen molar-refractivity contribution < 1.29 is 43.8 Å². The zero-order valence-electron chi connectivity index (χ0n) is 32.0. The summed E-state index contributed by atoms with van der Waals surface area (Å²) in [7, 11) is 0. The number of hydrogen-bond donors (Lipinski definition) is 1. The number of imidazole rings is 2. The van der Waals surface area contributed by atoms with Crippen molar-refractivity contribution in [1.29, 1.82) is 0 Å². The van der Waals surface area contributed by atoms with Gasteiger partial charge in [0.2, 0.25) is 5.69 Å². The normalized spacial score (nSPS) is 10.0. The van der Waals surface area contributed by atoms with Gasteiger partial charge >= 0.3 is 5.69 Å². The number of nitrogens with zero attached hydrogens (tertiary/aromatic N) is 10. The lowest BCUT2D eigenvalue weighted by Crippen LogP contribution is -3.00. The van der Waals surface area contributed by atoms with E-state index in [0.29, 0.717) is 0 Å². The van der Waals surface area contributed by atoms with Crippen LogP contribution < -0.4 is 39.7 Å². The maximum absolute atomic E-state index is 11.2. The zero-order chi connectivity index (χ0) is 41.0. The molecule has 17 heteroatoms. The quantitative estimate of drug-likeness (QED) is 0.103. The van der Waals surface area contributed by atoms with Gasteiger partial charge in [-0.25, -0.2) is 9.97 Å². The highest BCUT2D eigenvalue weighted by Gasteiger charge is 2.26. The molecule has 0 saturated heterocycles. The van der Waals surface area contributed by atoms with Gasteiger partial charge in [0.15, 0.2) is 24.8 Å². The van der Waals surface area contributed by atoms with Crippen LogP contribution in [0, 0.1) is 20.2 Å². The number of nitro benzene ring substituents is 2. The van der Waals surface area contributed by atoms with Crippen molar-refractivity contribution in [3.05, 3.63) is 223 Å². The summed E-state index contributed by atoms with van der Waals surface area (Å²) >= 11 is 0. The van der Waals surface area contributed by atoms with Crippen molar-refractivity contribution in [3.63, 3.8) is 0 Å². The molecule has 61 heavy (non-hydrogen) atoms. The van der Waals surface area contributed by atoms with Gasteiger partial charge in [0.05, 0.1) is 22.5 Å². The van der Waals surface area contributed by atoms with Crippen LogP contribution in [0.4, 0.5) is 17.1 Å². The Labute approximate surface area is 361 Å². The molecule has 9 rings (SSSR count). The lowest BCUT2D eigenvalue weighted by atomic mass is 10.1. The minimum absolute atomic E-state index is 0. The molecule has 6 heterocycles. The Morgan fingerprint density at radius 3 is 1.36 bits per heavy atom. The molecule has 0 amide bonds. The molecule has 6 aromatic heterocycles. The van der Waals surface area contributed by atoms with Crippen LogP contribution >= 0.6 is 0 Å². The molecule has 0 saturated carbocycles. The summed E-state index contributed by atoms with van der Waals surface area (Å²) in [5.74, 6) is 0. The molecule has 2 N–H and O–H groups in total. The lowest BCUT2D eigenvalue weighted by Gasteiger charge is -2.03. The van der Waals surface area contributed by atoms with Gasteiger partial charge in [-0.3, -0.25) is 30.2 Å². The number of anilines is 1. The first-order valence-corrected chi connectivity index (χ1v) is 18.0. The molecule has 3 aromatic carbocycles. The van der Waals surface area contributed by atoms with Crippen LogP contribution in [0.5, 0.6) is 0 Å². The van der Waals surface area contributed by atoms with Crippen molar-refractivity contribution in [3.8, 4) is 45.0 Å². The first-order valence-electron chi connectivity index (χ1n) is 18.0. The Morgan fingerprint density at radius 2 is 0.934 bits per heavy atom. The third kappa shape index (κ3) is 11.3. The highest BCUT2D eigenvalue weighted by Crippen LogP contribution is 2.25. The number of nitro groups is 2. The molecule has 0 spiro atoms.